The summed E-state index contributed by atoms with van der Waals surface area (Å²) in [5, 5.41) is 4.88. The summed E-state index contributed by atoms with van der Waals surface area (Å²) in [6, 6.07) is 2.77. The fourth-order valence-electron chi connectivity index (χ4n) is 2.26. The Morgan fingerprint density at radius 2 is 2.10 bits per heavy atom. The predicted molar refractivity (Wildman–Crippen MR) is 69.8 cm³/mol. The molecular formula is C14H15N3O3. The first-order valence-electron chi connectivity index (χ1n) is 6.74. The fraction of sp³-hybridized carbons (Fsp3) is 0.429. The highest BCUT2D eigenvalue weighted by molar-refractivity contribution is 6.03. The quantitative estimate of drug-likeness (QED) is 0.785. The van der Waals surface area contributed by atoms with Gasteiger partial charge in [-0.15, -0.1) is 0 Å². The lowest BCUT2D eigenvalue weighted by Crippen LogP contribution is -2.52. The summed E-state index contributed by atoms with van der Waals surface area (Å²) in [5.74, 6) is -0.561. The van der Waals surface area contributed by atoms with Crippen molar-refractivity contribution in [2.45, 2.75) is 37.6 Å². The van der Waals surface area contributed by atoms with Crippen molar-refractivity contribution in [2.24, 2.45) is 0 Å². The number of imide groups is 1. The zero-order valence-electron chi connectivity index (χ0n) is 10.9. The van der Waals surface area contributed by atoms with Crippen LogP contribution in [-0.4, -0.2) is 28.7 Å². The summed E-state index contributed by atoms with van der Waals surface area (Å²) in [5.41, 5.74) is 1.44. The summed E-state index contributed by atoms with van der Waals surface area (Å²) in [7, 11) is 0. The first-order chi connectivity index (χ1) is 9.63. The molecule has 2 aliphatic rings. The average Bonchev–Trinajstić information content (AvgIpc) is 3.26. The molecule has 1 saturated carbocycles. The number of hydrogen-bond acceptors (Lipinski definition) is 4. The molecular weight excluding hydrogens is 258 g/mol. The normalized spacial score (nSPS) is 22.3. The molecule has 3 amide bonds. The molecule has 2 heterocycles. The third kappa shape index (κ3) is 2.68. The highest BCUT2D eigenvalue weighted by atomic mass is 16.2. The Balaban J connectivity index is 1.68. The molecule has 3 rings (SSSR count). The van der Waals surface area contributed by atoms with Crippen LogP contribution in [0.2, 0.25) is 0 Å². The molecule has 2 N–H and O–H groups in total. The van der Waals surface area contributed by atoms with Gasteiger partial charge in [0.05, 0.1) is 0 Å². The van der Waals surface area contributed by atoms with Crippen LogP contribution in [0.25, 0.3) is 0 Å². The zero-order chi connectivity index (χ0) is 14.1. The van der Waals surface area contributed by atoms with Crippen LogP contribution in [0.15, 0.2) is 18.3 Å². The maximum atomic E-state index is 12.1. The smallest absolute Gasteiger partial charge is 0.252 e. The van der Waals surface area contributed by atoms with Crippen LogP contribution in [0.4, 0.5) is 0 Å². The van der Waals surface area contributed by atoms with Crippen molar-refractivity contribution >= 4 is 17.7 Å². The summed E-state index contributed by atoms with van der Waals surface area (Å²) in [6.45, 7) is 0. The standard InChI is InChI=1S/C14H15N3O3/c18-12-4-3-10(14(20)17-12)16-13(19)9-5-6-15-11(7-9)8-1-2-8/h5-8,10H,1-4H2,(H,16,19)(H,17,18,20). The molecule has 6 heteroatoms. The third-order valence-corrected chi connectivity index (χ3v) is 3.58. The molecule has 0 bridgehead atoms. The number of nitrogens with one attached hydrogen (secondary N) is 2. The molecule has 0 aromatic carbocycles. The van der Waals surface area contributed by atoms with Crippen molar-refractivity contribution in [2.75, 3.05) is 0 Å². The molecule has 1 aliphatic carbocycles. The minimum absolute atomic E-state index is 0.250. The zero-order valence-corrected chi connectivity index (χ0v) is 10.9. The number of pyridine rings is 1. The number of carbonyl (C=O) groups excluding carboxylic acids is 3. The first-order valence-corrected chi connectivity index (χ1v) is 6.74. The number of amides is 3. The lowest BCUT2D eigenvalue weighted by molar-refractivity contribution is -0.134. The Morgan fingerprint density at radius 1 is 1.30 bits per heavy atom. The highest BCUT2D eigenvalue weighted by Gasteiger charge is 2.29. The Labute approximate surface area is 116 Å². The van der Waals surface area contributed by atoms with Crippen LogP contribution in [-0.2, 0) is 9.59 Å². The molecule has 1 saturated heterocycles. The Bertz CT molecular complexity index is 581. The molecule has 1 unspecified atom stereocenters. The summed E-state index contributed by atoms with van der Waals surface area (Å²) in [6.07, 6.45) is 4.45. The molecule has 0 spiro atoms. The largest absolute Gasteiger partial charge is 0.340 e. The van der Waals surface area contributed by atoms with Gasteiger partial charge in [0.25, 0.3) is 5.91 Å². The van der Waals surface area contributed by atoms with Gasteiger partial charge in [-0.1, -0.05) is 0 Å². The van der Waals surface area contributed by atoms with Gasteiger partial charge in [-0.2, -0.15) is 0 Å². The van der Waals surface area contributed by atoms with Crippen LogP contribution < -0.4 is 10.6 Å². The van der Waals surface area contributed by atoms with Crippen molar-refractivity contribution < 1.29 is 14.4 Å². The molecule has 1 aromatic heterocycles. The summed E-state index contributed by atoms with van der Waals surface area (Å²) in [4.78, 5) is 39.0. The lowest BCUT2D eigenvalue weighted by atomic mass is 10.1. The summed E-state index contributed by atoms with van der Waals surface area (Å²) < 4.78 is 0. The van der Waals surface area contributed by atoms with Gasteiger partial charge in [0, 0.05) is 29.8 Å². The topological polar surface area (TPSA) is 88.2 Å². The predicted octanol–water partition coefficient (Wildman–Crippen LogP) is 0.494. The third-order valence-electron chi connectivity index (χ3n) is 3.58. The fourth-order valence-corrected chi connectivity index (χ4v) is 2.26. The second kappa shape index (κ2) is 5.03. The number of hydrogen-bond donors (Lipinski definition) is 2. The highest BCUT2D eigenvalue weighted by Crippen LogP contribution is 2.38. The Hall–Kier alpha value is -2.24. The number of piperidine rings is 1. The van der Waals surface area contributed by atoms with Crippen LogP contribution >= 0.6 is 0 Å². The molecule has 1 atom stereocenters. The van der Waals surface area contributed by atoms with E-state index in [1.54, 1.807) is 18.3 Å². The van der Waals surface area contributed by atoms with E-state index in [1.165, 1.54) is 0 Å². The van der Waals surface area contributed by atoms with E-state index in [9.17, 15) is 14.4 Å². The lowest BCUT2D eigenvalue weighted by Gasteiger charge is -2.21. The van der Waals surface area contributed by atoms with E-state index in [2.05, 4.69) is 15.6 Å². The minimum Gasteiger partial charge on any atom is -0.340 e. The van der Waals surface area contributed by atoms with Crippen LogP contribution in [0, 0.1) is 0 Å². The van der Waals surface area contributed by atoms with Gasteiger partial charge >= 0.3 is 0 Å². The molecule has 20 heavy (non-hydrogen) atoms. The van der Waals surface area contributed by atoms with E-state index < -0.39 is 11.9 Å². The second-order valence-electron chi connectivity index (χ2n) is 5.22. The SMILES string of the molecule is O=C1CCC(NC(=O)c2ccnc(C3CC3)c2)C(=O)N1. The number of rotatable bonds is 3. The second-order valence-corrected chi connectivity index (χ2v) is 5.22. The van der Waals surface area contributed by atoms with Crippen LogP contribution in [0.3, 0.4) is 0 Å². The van der Waals surface area contributed by atoms with Gasteiger partial charge in [-0.3, -0.25) is 24.7 Å². The van der Waals surface area contributed by atoms with Crippen molar-refractivity contribution in [3.05, 3.63) is 29.6 Å². The molecule has 0 radical (unpaired) electrons. The van der Waals surface area contributed by atoms with Crippen molar-refractivity contribution in [1.29, 1.82) is 0 Å². The van der Waals surface area contributed by atoms with E-state index in [1.807, 2.05) is 0 Å². The molecule has 1 aliphatic heterocycles. The van der Waals surface area contributed by atoms with Gasteiger partial charge in [0.2, 0.25) is 11.8 Å². The summed E-state index contributed by atoms with van der Waals surface area (Å²) >= 11 is 0. The van der Waals surface area contributed by atoms with Gasteiger partial charge in [0.15, 0.2) is 0 Å². The van der Waals surface area contributed by atoms with Crippen LogP contribution in [0.1, 0.15) is 47.7 Å². The maximum absolute atomic E-state index is 12.1. The Kier molecular flexibility index (Phi) is 3.22. The van der Waals surface area contributed by atoms with E-state index >= 15 is 0 Å². The van der Waals surface area contributed by atoms with E-state index in [0.29, 0.717) is 17.9 Å². The number of aromatic nitrogens is 1. The average molecular weight is 273 g/mol. The van der Waals surface area contributed by atoms with E-state index in [0.717, 1.165) is 18.5 Å². The van der Waals surface area contributed by atoms with Gasteiger partial charge in [-0.05, 0) is 31.4 Å². The Morgan fingerprint density at radius 3 is 2.80 bits per heavy atom. The minimum atomic E-state index is -0.641. The van der Waals surface area contributed by atoms with E-state index in [4.69, 9.17) is 0 Å². The number of carbonyl (C=O) groups is 3. The van der Waals surface area contributed by atoms with Gasteiger partial charge < -0.3 is 5.32 Å². The van der Waals surface area contributed by atoms with Gasteiger partial charge in [-0.25, -0.2) is 0 Å². The molecule has 6 nitrogen and oxygen atoms in total. The molecule has 2 fully saturated rings. The van der Waals surface area contributed by atoms with E-state index in [-0.39, 0.29) is 18.2 Å². The van der Waals surface area contributed by atoms with Crippen molar-refractivity contribution in [3.63, 3.8) is 0 Å². The van der Waals surface area contributed by atoms with Crippen LogP contribution in [0.5, 0.6) is 0 Å². The monoisotopic (exact) mass is 273 g/mol. The van der Waals surface area contributed by atoms with Crippen molar-refractivity contribution in [1.82, 2.24) is 15.6 Å². The molecule has 104 valence electrons. The maximum Gasteiger partial charge on any atom is 0.252 e. The number of nitrogens with zero attached hydrogens (tertiary/aromatic N) is 1. The first kappa shape index (κ1) is 12.8. The van der Waals surface area contributed by atoms with Crippen molar-refractivity contribution in [3.8, 4) is 0 Å². The molecule has 1 aromatic rings. The van der Waals surface area contributed by atoms with Gasteiger partial charge in [0.1, 0.15) is 6.04 Å².